The Morgan fingerprint density at radius 2 is 1.58 bits per heavy atom. The summed E-state index contributed by atoms with van der Waals surface area (Å²) < 4.78 is 0. The van der Waals surface area contributed by atoms with Gasteiger partial charge in [0.15, 0.2) is 0 Å². The molecule has 0 fully saturated rings. The average Bonchev–Trinajstić information content (AvgIpc) is 2.46. The number of alkyl halides is 2. The Hall–Kier alpha value is -1.18. The molecule has 0 saturated heterocycles. The average molecular weight is 295 g/mol. The van der Waals surface area contributed by atoms with Gasteiger partial charge in [-0.2, -0.15) is 0 Å². The maximum absolute atomic E-state index is 9.56. The largest absolute Gasteiger partial charge is 0.508 e. The lowest BCUT2D eigenvalue weighted by Gasteiger charge is -2.30. The lowest BCUT2D eigenvalue weighted by molar-refractivity contribution is 0.472. The SMILES string of the molecule is Oc1cccc(CC(CCl)(CCl)c2ccccc2)c1. The summed E-state index contributed by atoms with van der Waals surface area (Å²) >= 11 is 12.4. The normalized spacial score (nSPS) is 11.5. The zero-order valence-electron chi connectivity index (χ0n) is 10.5. The number of benzene rings is 2. The third-order valence-corrected chi connectivity index (χ3v) is 4.37. The van der Waals surface area contributed by atoms with Gasteiger partial charge in [0.1, 0.15) is 5.75 Å². The van der Waals surface area contributed by atoms with Crippen LogP contribution in [0.1, 0.15) is 11.1 Å². The van der Waals surface area contributed by atoms with Crippen molar-refractivity contribution in [3.63, 3.8) is 0 Å². The summed E-state index contributed by atoms with van der Waals surface area (Å²) in [6, 6.07) is 17.3. The van der Waals surface area contributed by atoms with Crippen molar-refractivity contribution < 1.29 is 5.11 Å². The van der Waals surface area contributed by atoms with Crippen molar-refractivity contribution in [2.24, 2.45) is 0 Å². The van der Waals surface area contributed by atoms with E-state index in [-0.39, 0.29) is 11.2 Å². The Morgan fingerprint density at radius 1 is 0.895 bits per heavy atom. The molecule has 0 aliphatic carbocycles. The summed E-state index contributed by atoms with van der Waals surface area (Å²) in [6.07, 6.45) is 0.707. The molecule has 0 heterocycles. The molecule has 2 aromatic carbocycles. The summed E-state index contributed by atoms with van der Waals surface area (Å²) in [5.41, 5.74) is 1.85. The van der Waals surface area contributed by atoms with Gasteiger partial charge >= 0.3 is 0 Å². The lowest BCUT2D eigenvalue weighted by Crippen LogP contribution is -2.33. The maximum Gasteiger partial charge on any atom is 0.115 e. The topological polar surface area (TPSA) is 20.2 Å². The Bertz CT molecular complexity index is 521. The highest BCUT2D eigenvalue weighted by molar-refractivity contribution is 6.22. The second-order valence-electron chi connectivity index (χ2n) is 4.76. The van der Waals surface area contributed by atoms with Crippen LogP contribution in [0.25, 0.3) is 0 Å². The summed E-state index contributed by atoms with van der Waals surface area (Å²) in [5.74, 6) is 1.15. The summed E-state index contributed by atoms with van der Waals surface area (Å²) in [6.45, 7) is 0. The van der Waals surface area contributed by atoms with Crippen LogP contribution in [0.15, 0.2) is 54.6 Å². The molecule has 0 spiro atoms. The number of rotatable bonds is 5. The highest BCUT2D eigenvalue weighted by atomic mass is 35.5. The molecule has 0 bridgehead atoms. The van der Waals surface area contributed by atoms with Gasteiger partial charge in [0.25, 0.3) is 0 Å². The Balaban J connectivity index is 2.35. The van der Waals surface area contributed by atoms with Crippen molar-refractivity contribution in [1.82, 2.24) is 0 Å². The first-order valence-electron chi connectivity index (χ1n) is 6.15. The van der Waals surface area contributed by atoms with Crippen LogP contribution < -0.4 is 0 Å². The van der Waals surface area contributed by atoms with Crippen LogP contribution in [-0.4, -0.2) is 16.9 Å². The van der Waals surface area contributed by atoms with Crippen molar-refractivity contribution in [2.75, 3.05) is 11.8 Å². The van der Waals surface area contributed by atoms with Crippen molar-refractivity contribution in [3.05, 3.63) is 65.7 Å². The number of halogens is 2. The van der Waals surface area contributed by atoms with Gasteiger partial charge in [0.2, 0.25) is 0 Å². The third-order valence-electron chi connectivity index (χ3n) is 3.35. The summed E-state index contributed by atoms with van der Waals surface area (Å²) in [7, 11) is 0. The minimum Gasteiger partial charge on any atom is -0.508 e. The molecule has 3 heteroatoms. The van der Waals surface area contributed by atoms with Crippen molar-refractivity contribution >= 4 is 23.2 Å². The second-order valence-corrected chi connectivity index (χ2v) is 5.29. The van der Waals surface area contributed by atoms with Crippen LogP contribution in [0.4, 0.5) is 0 Å². The van der Waals surface area contributed by atoms with E-state index in [2.05, 4.69) is 0 Å². The molecule has 0 radical (unpaired) electrons. The zero-order chi connectivity index (χ0) is 13.7. The fourth-order valence-electron chi connectivity index (χ4n) is 2.24. The first-order valence-corrected chi connectivity index (χ1v) is 7.22. The first-order chi connectivity index (χ1) is 9.20. The molecule has 2 aromatic rings. The van der Waals surface area contributed by atoms with E-state index in [1.807, 2.05) is 42.5 Å². The van der Waals surface area contributed by atoms with Gasteiger partial charge in [-0.15, -0.1) is 23.2 Å². The molecule has 19 heavy (non-hydrogen) atoms. The van der Waals surface area contributed by atoms with Crippen LogP contribution in [0.2, 0.25) is 0 Å². The third kappa shape index (κ3) is 3.23. The van der Waals surface area contributed by atoms with Crippen molar-refractivity contribution in [2.45, 2.75) is 11.8 Å². The van der Waals surface area contributed by atoms with E-state index in [0.717, 1.165) is 11.1 Å². The van der Waals surface area contributed by atoms with Crippen molar-refractivity contribution in [3.8, 4) is 5.75 Å². The fraction of sp³-hybridized carbons (Fsp3) is 0.250. The highest BCUT2D eigenvalue weighted by Gasteiger charge is 2.30. The smallest absolute Gasteiger partial charge is 0.115 e. The van der Waals surface area contributed by atoms with Gasteiger partial charge in [-0.1, -0.05) is 42.5 Å². The van der Waals surface area contributed by atoms with E-state index in [4.69, 9.17) is 23.2 Å². The maximum atomic E-state index is 9.56. The molecule has 0 saturated carbocycles. The number of phenols is 1. The summed E-state index contributed by atoms with van der Waals surface area (Å²) in [5, 5.41) is 9.56. The Labute approximate surface area is 123 Å². The number of phenolic OH excluding ortho intramolecular Hbond substituents is 1. The Kier molecular flexibility index (Phi) is 4.73. The molecule has 2 rings (SSSR count). The van der Waals surface area contributed by atoms with Crippen LogP contribution in [0.5, 0.6) is 5.75 Å². The van der Waals surface area contributed by atoms with Crippen LogP contribution in [-0.2, 0) is 11.8 Å². The van der Waals surface area contributed by atoms with E-state index in [1.54, 1.807) is 12.1 Å². The van der Waals surface area contributed by atoms with Crippen LogP contribution in [0, 0.1) is 0 Å². The molecule has 0 atom stereocenters. The van der Waals surface area contributed by atoms with Crippen LogP contribution in [0.3, 0.4) is 0 Å². The first kappa shape index (κ1) is 14.2. The quantitative estimate of drug-likeness (QED) is 0.813. The van der Waals surface area contributed by atoms with Crippen LogP contribution >= 0.6 is 23.2 Å². The fourth-order valence-corrected chi connectivity index (χ4v) is 3.02. The summed E-state index contributed by atoms with van der Waals surface area (Å²) in [4.78, 5) is 0. The van der Waals surface area contributed by atoms with Gasteiger partial charge in [-0.25, -0.2) is 0 Å². The van der Waals surface area contributed by atoms with E-state index in [1.165, 1.54) is 0 Å². The molecular weight excluding hydrogens is 279 g/mol. The standard InChI is InChI=1S/C16H16Cl2O/c17-11-16(12-18,14-6-2-1-3-7-14)10-13-5-4-8-15(19)9-13/h1-9,19H,10-12H2. The molecular formula is C16H16Cl2O. The number of aromatic hydroxyl groups is 1. The monoisotopic (exact) mass is 294 g/mol. The minimum absolute atomic E-state index is 0.267. The molecule has 0 amide bonds. The molecule has 100 valence electrons. The minimum atomic E-state index is -0.307. The van der Waals surface area contributed by atoms with E-state index in [9.17, 15) is 5.11 Å². The number of hydrogen-bond donors (Lipinski definition) is 1. The lowest BCUT2D eigenvalue weighted by atomic mass is 9.79. The molecule has 1 N–H and O–H groups in total. The number of hydrogen-bond acceptors (Lipinski definition) is 1. The van der Waals surface area contributed by atoms with Crippen molar-refractivity contribution in [1.29, 1.82) is 0 Å². The van der Waals surface area contributed by atoms with Gasteiger partial charge in [0, 0.05) is 17.2 Å². The molecule has 0 aliphatic rings. The zero-order valence-corrected chi connectivity index (χ0v) is 12.0. The molecule has 0 aliphatic heterocycles. The predicted molar refractivity (Wildman–Crippen MR) is 81.4 cm³/mol. The molecule has 0 unspecified atom stereocenters. The second kappa shape index (κ2) is 6.31. The Morgan fingerprint density at radius 3 is 2.16 bits per heavy atom. The predicted octanol–water partition coefficient (Wildman–Crippen LogP) is 4.35. The molecule has 1 nitrogen and oxygen atoms in total. The van der Waals surface area contributed by atoms with Gasteiger partial charge in [-0.3, -0.25) is 0 Å². The van der Waals surface area contributed by atoms with E-state index >= 15 is 0 Å². The van der Waals surface area contributed by atoms with E-state index < -0.39 is 0 Å². The van der Waals surface area contributed by atoms with Gasteiger partial charge in [0.05, 0.1) is 0 Å². The van der Waals surface area contributed by atoms with Gasteiger partial charge < -0.3 is 5.11 Å². The highest BCUT2D eigenvalue weighted by Crippen LogP contribution is 2.32. The van der Waals surface area contributed by atoms with E-state index in [0.29, 0.717) is 18.2 Å². The molecule has 0 aromatic heterocycles. The van der Waals surface area contributed by atoms with Gasteiger partial charge in [-0.05, 0) is 29.7 Å².